The number of carbonyl (C=O) groups excluding carboxylic acids is 1. The van der Waals surface area contributed by atoms with Crippen LogP contribution in [0.1, 0.15) is 29.6 Å². The first-order valence-corrected chi connectivity index (χ1v) is 7.11. The van der Waals surface area contributed by atoms with Crippen molar-refractivity contribution in [2.24, 2.45) is 0 Å². The van der Waals surface area contributed by atoms with E-state index >= 15 is 0 Å². The number of carboxylic acid groups (broad SMARTS) is 1. The summed E-state index contributed by atoms with van der Waals surface area (Å²) in [5.74, 6) is -1.50. The van der Waals surface area contributed by atoms with E-state index in [4.69, 9.17) is 0 Å². The van der Waals surface area contributed by atoms with Crippen LogP contribution in [0.2, 0.25) is 0 Å². The van der Waals surface area contributed by atoms with Gasteiger partial charge in [-0.1, -0.05) is 0 Å². The Labute approximate surface area is 130 Å². The zero-order valence-electron chi connectivity index (χ0n) is 12.2. The predicted octanol–water partition coefficient (Wildman–Crippen LogP) is 2.71. The van der Waals surface area contributed by atoms with Gasteiger partial charge in [0.2, 0.25) is 0 Å². The maximum atomic E-state index is 12.4. The molecule has 1 N–H and O–H groups in total. The molecular weight excluding hydrogens is 315 g/mol. The summed E-state index contributed by atoms with van der Waals surface area (Å²) in [5.41, 5.74) is 0.220. The van der Waals surface area contributed by atoms with E-state index in [-0.39, 0.29) is 11.3 Å². The summed E-state index contributed by atoms with van der Waals surface area (Å²) >= 11 is 0. The van der Waals surface area contributed by atoms with Crippen LogP contribution in [0, 0.1) is 0 Å². The number of piperidine rings is 1. The molecule has 126 valence electrons. The Morgan fingerprint density at radius 3 is 2.43 bits per heavy atom. The van der Waals surface area contributed by atoms with Gasteiger partial charge in [0.15, 0.2) is 6.61 Å². The number of hydrogen-bond donors (Lipinski definition) is 1. The Bertz CT molecular complexity index is 571. The Kier molecular flexibility index (Phi) is 5.12. The average molecular weight is 331 g/mol. The smallest absolute Gasteiger partial charge is 0.422 e. The van der Waals surface area contributed by atoms with Gasteiger partial charge in [-0.15, -0.1) is 0 Å². The van der Waals surface area contributed by atoms with Crippen LogP contribution >= 0.6 is 0 Å². The number of carboxylic acids is 1. The van der Waals surface area contributed by atoms with Crippen LogP contribution in [0.25, 0.3) is 0 Å². The molecule has 1 aromatic rings. The molecule has 1 aliphatic rings. The fourth-order valence-electron chi connectivity index (χ4n) is 2.46. The number of hydrogen-bond acceptors (Lipinski definition) is 3. The number of nitrogens with zero attached hydrogens (tertiary/aromatic N) is 1. The summed E-state index contributed by atoms with van der Waals surface area (Å²) in [5, 5.41) is 9.17. The third kappa shape index (κ3) is 4.61. The number of likely N-dealkylation sites (tertiary alicyclic amines) is 1. The molecule has 0 saturated carbocycles. The second-order valence-electron chi connectivity index (χ2n) is 5.28. The van der Waals surface area contributed by atoms with Crippen LogP contribution in [0.15, 0.2) is 24.3 Å². The lowest BCUT2D eigenvalue weighted by Crippen LogP contribution is -2.47. The molecule has 1 fully saturated rings. The molecule has 1 atom stereocenters. The lowest BCUT2D eigenvalue weighted by Gasteiger charge is -2.33. The molecule has 1 saturated heterocycles. The van der Waals surface area contributed by atoms with E-state index in [1.165, 1.54) is 29.2 Å². The highest BCUT2D eigenvalue weighted by molar-refractivity contribution is 5.96. The topological polar surface area (TPSA) is 66.8 Å². The maximum Gasteiger partial charge on any atom is 0.422 e. The maximum absolute atomic E-state index is 12.4. The number of amides is 1. The Hall–Kier alpha value is -2.25. The monoisotopic (exact) mass is 331 g/mol. The molecule has 0 aliphatic carbocycles. The van der Waals surface area contributed by atoms with Crippen LogP contribution in [-0.4, -0.2) is 47.3 Å². The number of rotatable bonds is 4. The minimum atomic E-state index is -4.43. The minimum Gasteiger partial charge on any atom is -0.484 e. The van der Waals surface area contributed by atoms with Gasteiger partial charge in [0, 0.05) is 12.1 Å². The summed E-state index contributed by atoms with van der Waals surface area (Å²) in [6.07, 6.45) is -2.57. The summed E-state index contributed by atoms with van der Waals surface area (Å²) in [6.45, 7) is -1.06. The van der Waals surface area contributed by atoms with E-state index in [0.717, 1.165) is 12.8 Å². The molecule has 0 spiro atoms. The highest BCUT2D eigenvalue weighted by Gasteiger charge is 2.32. The van der Waals surface area contributed by atoms with Crippen LogP contribution in [0.5, 0.6) is 5.75 Å². The quantitative estimate of drug-likeness (QED) is 0.921. The van der Waals surface area contributed by atoms with Crippen molar-refractivity contribution >= 4 is 11.9 Å². The van der Waals surface area contributed by atoms with Crippen molar-refractivity contribution in [3.05, 3.63) is 29.8 Å². The van der Waals surface area contributed by atoms with Gasteiger partial charge in [0.25, 0.3) is 5.91 Å². The first kappa shape index (κ1) is 17.1. The fraction of sp³-hybridized carbons (Fsp3) is 0.467. The minimum absolute atomic E-state index is 0.00713. The molecule has 1 aromatic carbocycles. The lowest BCUT2D eigenvalue weighted by molar-refractivity contribution is -0.153. The fourth-order valence-corrected chi connectivity index (χ4v) is 2.46. The Balaban J connectivity index is 2.06. The van der Waals surface area contributed by atoms with Crippen molar-refractivity contribution in [2.75, 3.05) is 13.2 Å². The van der Waals surface area contributed by atoms with Crippen molar-refractivity contribution < 1.29 is 32.6 Å². The van der Waals surface area contributed by atoms with E-state index in [2.05, 4.69) is 4.74 Å². The molecule has 1 heterocycles. The molecule has 0 radical (unpaired) electrons. The number of benzene rings is 1. The number of halogens is 3. The summed E-state index contributed by atoms with van der Waals surface area (Å²) < 4.78 is 40.8. The van der Waals surface area contributed by atoms with E-state index in [1.807, 2.05) is 0 Å². The molecule has 23 heavy (non-hydrogen) atoms. The summed E-state index contributed by atoms with van der Waals surface area (Å²) in [6, 6.07) is 4.33. The second-order valence-corrected chi connectivity index (χ2v) is 5.28. The van der Waals surface area contributed by atoms with Crippen molar-refractivity contribution in [1.82, 2.24) is 4.90 Å². The third-order valence-corrected chi connectivity index (χ3v) is 3.55. The van der Waals surface area contributed by atoms with Gasteiger partial charge >= 0.3 is 12.1 Å². The van der Waals surface area contributed by atoms with Gasteiger partial charge < -0.3 is 14.7 Å². The standard InChI is InChI=1S/C15H16F3NO4/c16-15(17,18)9-23-11-6-4-10(5-7-11)13(20)19-8-2-1-3-12(19)14(21)22/h4-7,12H,1-3,8-9H2,(H,21,22). The van der Waals surface area contributed by atoms with Crippen LogP contribution < -0.4 is 4.74 Å². The normalized spacial score (nSPS) is 18.6. The van der Waals surface area contributed by atoms with Crippen molar-refractivity contribution in [3.63, 3.8) is 0 Å². The molecule has 5 nitrogen and oxygen atoms in total. The van der Waals surface area contributed by atoms with Crippen molar-refractivity contribution in [1.29, 1.82) is 0 Å². The van der Waals surface area contributed by atoms with Crippen LogP contribution in [-0.2, 0) is 4.79 Å². The summed E-state index contributed by atoms with van der Waals surface area (Å²) in [7, 11) is 0. The first-order chi connectivity index (χ1) is 10.8. The van der Waals surface area contributed by atoms with Gasteiger partial charge in [-0.2, -0.15) is 13.2 Å². The van der Waals surface area contributed by atoms with Gasteiger partial charge in [-0.05, 0) is 43.5 Å². The second kappa shape index (κ2) is 6.89. The van der Waals surface area contributed by atoms with Gasteiger partial charge in [-0.3, -0.25) is 4.79 Å². The van der Waals surface area contributed by atoms with Gasteiger partial charge in [0.1, 0.15) is 11.8 Å². The summed E-state index contributed by atoms with van der Waals surface area (Å²) in [4.78, 5) is 24.9. The predicted molar refractivity (Wildman–Crippen MR) is 74.3 cm³/mol. The number of carbonyl (C=O) groups is 2. The van der Waals surface area contributed by atoms with E-state index in [0.29, 0.717) is 13.0 Å². The molecule has 0 aromatic heterocycles. The number of aliphatic carboxylic acids is 1. The van der Waals surface area contributed by atoms with E-state index in [9.17, 15) is 27.9 Å². The van der Waals surface area contributed by atoms with Crippen LogP contribution in [0.4, 0.5) is 13.2 Å². The van der Waals surface area contributed by atoms with Gasteiger partial charge in [0.05, 0.1) is 0 Å². The largest absolute Gasteiger partial charge is 0.484 e. The molecule has 0 bridgehead atoms. The van der Waals surface area contributed by atoms with E-state index < -0.39 is 30.7 Å². The molecular formula is C15H16F3NO4. The molecule has 8 heteroatoms. The zero-order valence-corrected chi connectivity index (χ0v) is 12.2. The first-order valence-electron chi connectivity index (χ1n) is 7.11. The molecule has 1 aliphatic heterocycles. The Morgan fingerprint density at radius 2 is 1.87 bits per heavy atom. The number of alkyl halides is 3. The molecule has 1 amide bonds. The van der Waals surface area contributed by atoms with Crippen molar-refractivity contribution in [2.45, 2.75) is 31.5 Å². The van der Waals surface area contributed by atoms with Crippen LogP contribution in [0.3, 0.4) is 0 Å². The highest BCUT2D eigenvalue weighted by atomic mass is 19.4. The van der Waals surface area contributed by atoms with E-state index in [1.54, 1.807) is 0 Å². The number of ether oxygens (including phenoxy) is 1. The SMILES string of the molecule is O=C(O)C1CCCCN1C(=O)c1ccc(OCC(F)(F)F)cc1. The average Bonchev–Trinajstić information content (AvgIpc) is 2.52. The lowest BCUT2D eigenvalue weighted by atomic mass is 10.0. The molecule has 2 rings (SSSR count). The van der Waals surface area contributed by atoms with Crippen molar-refractivity contribution in [3.8, 4) is 5.75 Å². The molecule has 1 unspecified atom stereocenters. The Morgan fingerprint density at radius 1 is 1.22 bits per heavy atom. The zero-order chi connectivity index (χ0) is 17.0. The van der Waals surface area contributed by atoms with Gasteiger partial charge in [-0.25, -0.2) is 4.79 Å². The third-order valence-electron chi connectivity index (χ3n) is 3.55. The highest BCUT2D eigenvalue weighted by Crippen LogP contribution is 2.22.